The van der Waals surface area contributed by atoms with E-state index in [9.17, 15) is 5.11 Å². The summed E-state index contributed by atoms with van der Waals surface area (Å²) in [6.07, 6.45) is 0.626. The maximum atomic E-state index is 10.6. The van der Waals surface area contributed by atoms with E-state index in [4.69, 9.17) is 0 Å². The van der Waals surface area contributed by atoms with Crippen molar-refractivity contribution in [3.63, 3.8) is 0 Å². The topological polar surface area (TPSA) is 23.5 Å². The van der Waals surface area contributed by atoms with Crippen LogP contribution in [0.15, 0.2) is 48.5 Å². The first kappa shape index (κ1) is 13.2. The van der Waals surface area contributed by atoms with Crippen molar-refractivity contribution in [1.29, 1.82) is 0 Å². The Morgan fingerprint density at radius 1 is 1.15 bits per heavy atom. The Morgan fingerprint density at radius 3 is 2.65 bits per heavy atom. The zero-order valence-electron chi connectivity index (χ0n) is 12.1. The fourth-order valence-electron chi connectivity index (χ4n) is 3.15. The van der Waals surface area contributed by atoms with Crippen molar-refractivity contribution in [3.05, 3.63) is 65.2 Å². The summed E-state index contributed by atoms with van der Waals surface area (Å²) in [5.41, 5.74) is 4.84. The summed E-state index contributed by atoms with van der Waals surface area (Å²) in [4.78, 5) is 2.33. The standard InChI is InChI=1S/C18H21NO/c1-13-7-3-5-9-16(13)18(20)12-19-14(2)11-15-8-4-6-10-17(15)19/h3-10,14,18,20H,11-12H2,1-2H3. The number of aryl methyl sites for hydroxylation is 1. The van der Waals surface area contributed by atoms with Gasteiger partial charge in [-0.2, -0.15) is 0 Å². The maximum Gasteiger partial charge on any atom is 0.0967 e. The Balaban J connectivity index is 1.83. The molecule has 0 aliphatic carbocycles. The second-order valence-corrected chi connectivity index (χ2v) is 5.71. The Hall–Kier alpha value is -1.80. The summed E-state index contributed by atoms with van der Waals surface area (Å²) in [6.45, 7) is 4.94. The van der Waals surface area contributed by atoms with Gasteiger partial charge in [0.2, 0.25) is 0 Å². The van der Waals surface area contributed by atoms with Crippen LogP contribution < -0.4 is 4.90 Å². The van der Waals surface area contributed by atoms with Crippen molar-refractivity contribution in [2.24, 2.45) is 0 Å². The molecule has 2 unspecified atom stereocenters. The zero-order chi connectivity index (χ0) is 14.1. The Labute approximate surface area is 120 Å². The van der Waals surface area contributed by atoms with Crippen molar-refractivity contribution < 1.29 is 5.11 Å². The van der Waals surface area contributed by atoms with Crippen LogP contribution in [0.3, 0.4) is 0 Å². The summed E-state index contributed by atoms with van der Waals surface area (Å²) < 4.78 is 0. The fourth-order valence-corrected chi connectivity index (χ4v) is 3.15. The molecule has 0 aromatic heterocycles. The SMILES string of the molecule is Cc1ccccc1C(O)CN1c2ccccc2CC1C. The van der Waals surface area contributed by atoms with Gasteiger partial charge in [-0.15, -0.1) is 0 Å². The van der Waals surface area contributed by atoms with Crippen LogP contribution in [0.1, 0.15) is 29.7 Å². The van der Waals surface area contributed by atoms with Crippen molar-refractivity contribution in [1.82, 2.24) is 0 Å². The third-order valence-electron chi connectivity index (χ3n) is 4.27. The molecule has 2 aromatic carbocycles. The lowest BCUT2D eigenvalue weighted by Gasteiger charge is -2.28. The van der Waals surface area contributed by atoms with Gasteiger partial charge in [0.1, 0.15) is 0 Å². The summed E-state index contributed by atoms with van der Waals surface area (Å²) in [5.74, 6) is 0. The molecule has 1 aliphatic heterocycles. The minimum Gasteiger partial charge on any atom is -0.387 e. The molecule has 0 spiro atoms. The number of anilines is 1. The molecule has 3 rings (SSSR count). The smallest absolute Gasteiger partial charge is 0.0967 e. The fraction of sp³-hybridized carbons (Fsp3) is 0.333. The second kappa shape index (κ2) is 5.29. The predicted octanol–water partition coefficient (Wildman–Crippen LogP) is 3.48. The normalized spacial score (nSPS) is 18.9. The Morgan fingerprint density at radius 2 is 1.85 bits per heavy atom. The summed E-state index contributed by atoms with van der Waals surface area (Å²) >= 11 is 0. The van der Waals surface area contributed by atoms with Crippen LogP contribution >= 0.6 is 0 Å². The number of rotatable bonds is 3. The predicted molar refractivity (Wildman–Crippen MR) is 83.1 cm³/mol. The minimum absolute atomic E-state index is 0.440. The molecule has 1 heterocycles. The first-order chi connectivity index (χ1) is 9.66. The first-order valence-electron chi connectivity index (χ1n) is 7.25. The number of hydrogen-bond donors (Lipinski definition) is 1. The molecule has 2 aromatic rings. The lowest BCUT2D eigenvalue weighted by atomic mass is 10.0. The first-order valence-corrected chi connectivity index (χ1v) is 7.25. The number of β-amino-alcohol motifs (C(OH)–C–C–N with tert-alkyl or cyclic N) is 1. The van der Waals surface area contributed by atoms with Gasteiger partial charge in [-0.1, -0.05) is 42.5 Å². The number of benzene rings is 2. The van der Waals surface area contributed by atoms with Gasteiger partial charge >= 0.3 is 0 Å². The van der Waals surface area contributed by atoms with Crippen LogP contribution in [0.4, 0.5) is 5.69 Å². The van der Waals surface area contributed by atoms with Crippen LogP contribution in [0, 0.1) is 6.92 Å². The zero-order valence-corrected chi connectivity index (χ0v) is 12.1. The largest absolute Gasteiger partial charge is 0.387 e. The van der Waals surface area contributed by atoms with E-state index in [0.717, 1.165) is 17.5 Å². The maximum absolute atomic E-state index is 10.6. The van der Waals surface area contributed by atoms with E-state index in [1.54, 1.807) is 0 Å². The summed E-state index contributed by atoms with van der Waals surface area (Å²) in [5, 5.41) is 10.6. The van der Waals surface area contributed by atoms with Gasteiger partial charge < -0.3 is 10.0 Å². The third-order valence-corrected chi connectivity index (χ3v) is 4.27. The molecule has 0 bridgehead atoms. The van der Waals surface area contributed by atoms with Crippen LogP contribution in [-0.2, 0) is 6.42 Å². The molecule has 104 valence electrons. The van der Waals surface area contributed by atoms with Gasteiger partial charge in [-0.3, -0.25) is 0 Å². The summed E-state index contributed by atoms with van der Waals surface area (Å²) in [6, 6.07) is 17.0. The van der Waals surface area contributed by atoms with Gasteiger partial charge in [0, 0.05) is 18.3 Å². The number of aliphatic hydroxyl groups excluding tert-OH is 1. The number of hydrogen-bond acceptors (Lipinski definition) is 2. The van der Waals surface area contributed by atoms with Crippen LogP contribution in [0.2, 0.25) is 0 Å². The molecule has 20 heavy (non-hydrogen) atoms. The van der Waals surface area contributed by atoms with Gasteiger partial charge in [0.25, 0.3) is 0 Å². The third kappa shape index (κ3) is 2.32. The molecular weight excluding hydrogens is 246 g/mol. The van der Waals surface area contributed by atoms with E-state index in [2.05, 4.69) is 49.1 Å². The minimum atomic E-state index is -0.440. The van der Waals surface area contributed by atoms with E-state index < -0.39 is 6.10 Å². The van der Waals surface area contributed by atoms with E-state index in [-0.39, 0.29) is 0 Å². The molecule has 2 heteroatoms. The number of fused-ring (bicyclic) bond motifs is 1. The number of para-hydroxylation sites is 1. The van der Waals surface area contributed by atoms with E-state index in [1.807, 2.05) is 18.2 Å². The quantitative estimate of drug-likeness (QED) is 0.920. The highest BCUT2D eigenvalue weighted by Crippen LogP contribution is 2.33. The molecule has 2 nitrogen and oxygen atoms in total. The van der Waals surface area contributed by atoms with Gasteiger partial charge in [-0.05, 0) is 43.0 Å². The molecule has 0 amide bonds. The molecular formula is C18H21NO. The second-order valence-electron chi connectivity index (χ2n) is 5.71. The average molecular weight is 267 g/mol. The van der Waals surface area contributed by atoms with E-state index >= 15 is 0 Å². The van der Waals surface area contributed by atoms with Gasteiger partial charge in [0.05, 0.1) is 6.10 Å². The molecule has 1 N–H and O–H groups in total. The Kier molecular flexibility index (Phi) is 3.49. The van der Waals surface area contributed by atoms with E-state index in [0.29, 0.717) is 12.6 Å². The highest BCUT2D eigenvalue weighted by molar-refractivity contribution is 5.59. The van der Waals surface area contributed by atoms with Crippen molar-refractivity contribution in [3.8, 4) is 0 Å². The van der Waals surface area contributed by atoms with Crippen molar-refractivity contribution >= 4 is 5.69 Å². The summed E-state index contributed by atoms with van der Waals surface area (Å²) in [7, 11) is 0. The Bertz CT molecular complexity index is 608. The van der Waals surface area contributed by atoms with E-state index in [1.165, 1.54) is 11.3 Å². The highest BCUT2D eigenvalue weighted by Gasteiger charge is 2.27. The molecule has 0 fully saturated rings. The van der Waals surface area contributed by atoms with Crippen LogP contribution in [0.5, 0.6) is 0 Å². The number of nitrogens with zero attached hydrogens (tertiary/aromatic N) is 1. The van der Waals surface area contributed by atoms with Gasteiger partial charge in [0.15, 0.2) is 0 Å². The van der Waals surface area contributed by atoms with Crippen molar-refractivity contribution in [2.45, 2.75) is 32.4 Å². The number of aliphatic hydroxyl groups is 1. The molecule has 0 saturated carbocycles. The lowest BCUT2D eigenvalue weighted by Crippen LogP contribution is -2.33. The highest BCUT2D eigenvalue weighted by atomic mass is 16.3. The lowest BCUT2D eigenvalue weighted by molar-refractivity contribution is 0.181. The van der Waals surface area contributed by atoms with Crippen molar-refractivity contribution in [2.75, 3.05) is 11.4 Å². The molecule has 0 saturated heterocycles. The van der Waals surface area contributed by atoms with Crippen LogP contribution in [-0.4, -0.2) is 17.7 Å². The monoisotopic (exact) mass is 267 g/mol. The molecule has 0 radical (unpaired) electrons. The molecule has 2 atom stereocenters. The van der Waals surface area contributed by atoms with Crippen LogP contribution in [0.25, 0.3) is 0 Å². The van der Waals surface area contributed by atoms with Gasteiger partial charge in [-0.25, -0.2) is 0 Å². The molecule has 1 aliphatic rings. The average Bonchev–Trinajstić information content (AvgIpc) is 2.76.